The van der Waals surface area contributed by atoms with E-state index >= 15 is 0 Å². The van der Waals surface area contributed by atoms with Crippen LogP contribution >= 0.6 is 11.3 Å². The molecule has 1 aromatic rings. The molecular formula is C9H11N3OS. The number of aliphatic hydroxyl groups excluding tert-OH is 1. The Balaban J connectivity index is 2.21. The lowest BCUT2D eigenvalue weighted by atomic mass is 10.3. The van der Waals surface area contributed by atoms with Crippen molar-refractivity contribution in [3.63, 3.8) is 0 Å². The van der Waals surface area contributed by atoms with Crippen molar-refractivity contribution in [2.45, 2.75) is 12.5 Å². The van der Waals surface area contributed by atoms with Gasteiger partial charge in [0.2, 0.25) is 0 Å². The van der Waals surface area contributed by atoms with Crippen LogP contribution in [0.5, 0.6) is 0 Å². The molecule has 0 saturated carbocycles. The number of β-amino-alcohol motifs (C(OH)–C–C–N with tert-alkyl or cyclic N) is 1. The van der Waals surface area contributed by atoms with Crippen molar-refractivity contribution in [3.05, 3.63) is 10.9 Å². The van der Waals surface area contributed by atoms with E-state index in [1.165, 1.54) is 11.3 Å². The summed E-state index contributed by atoms with van der Waals surface area (Å²) in [6.45, 7) is 1.48. The fraction of sp³-hybridized carbons (Fsp3) is 0.444. The van der Waals surface area contributed by atoms with Gasteiger partial charge in [-0.2, -0.15) is 5.26 Å². The van der Waals surface area contributed by atoms with E-state index in [0.29, 0.717) is 17.1 Å². The van der Waals surface area contributed by atoms with Crippen LogP contribution in [0.25, 0.3) is 0 Å². The number of nitrogens with two attached hydrogens (primary N) is 1. The molecule has 0 spiro atoms. The minimum atomic E-state index is -0.246. The molecule has 1 fully saturated rings. The molecule has 4 nitrogen and oxygen atoms in total. The van der Waals surface area contributed by atoms with Gasteiger partial charge in [-0.15, -0.1) is 11.3 Å². The predicted molar refractivity (Wildman–Crippen MR) is 56.3 cm³/mol. The van der Waals surface area contributed by atoms with E-state index in [9.17, 15) is 5.11 Å². The Morgan fingerprint density at radius 1 is 1.71 bits per heavy atom. The standard InChI is InChI=1S/C9H11N3OS/c10-4-8-7(11)3-9(14-8)12-2-1-6(13)5-12/h3,6,13H,1-2,5,11H2. The van der Waals surface area contributed by atoms with E-state index in [-0.39, 0.29) is 6.10 Å². The number of aliphatic hydroxyl groups is 1. The molecule has 0 amide bonds. The number of nitriles is 1. The summed E-state index contributed by atoms with van der Waals surface area (Å²) < 4.78 is 0. The van der Waals surface area contributed by atoms with Crippen molar-refractivity contribution in [2.75, 3.05) is 23.7 Å². The smallest absolute Gasteiger partial charge is 0.129 e. The largest absolute Gasteiger partial charge is 0.397 e. The van der Waals surface area contributed by atoms with Crippen molar-refractivity contribution in [3.8, 4) is 6.07 Å². The second kappa shape index (κ2) is 3.48. The van der Waals surface area contributed by atoms with Crippen LogP contribution in [-0.4, -0.2) is 24.3 Å². The van der Waals surface area contributed by atoms with Crippen molar-refractivity contribution in [1.29, 1.82) is 5.26 Å². The van der Waals surface area contributed by atoms with E-state index in [1.54, 1.807) is 6.07 Å². The third kappa shape index (κ3) is 1.54. The quantitative estimate of drug-likeness (QED) is 0.716. The van der Waals surface area contributed by atoms with Gasteiger partial charge in [0.25, 0.3) is 0 Å². The minimum Gasteiger partial charge on any atom is -0.397 e. The van der Waals surface area contributed by atoms with E-state index in [1.807, 2.05) is 0 Å². The average Bonchev–Trinajstić information content (AvgIpc) is 2.71. The van der Waals surface area contributed by atoms with Crippen molar-refractivity contribution in [1.82, 2.24) is 0 Å². The molecule has 1 aliphatic heterocycles. The zero-order chi connectivity index (χ0) is 10.1. The van der Waals surface area contributed by atoms with Crippen molar-refractivity contribution < 1.29 is 5.11 Å². The highest BCUT2D eigenvalue weighted by Crippen LogP contribution is 2.33. The van der Waals surface area contributed by atoms with Crippen molar-refractivity contribution in [2.24, 2.45) is 0 Å². The first-order valence-corrected chi connectivity index (χ1v) is 5.25. The Hall–Kier alpha value is -1.25. The number of anilines is 2. The van der Waals surface area contributed by atoms with Crippen LogP contribution in [0.15, 0.2) is 6.07 Å². The molecule has 0 aliphatic carbocycles. The summed E-state index contributed by atoms with van der Waals surface area (Å²) in [6, 6.07) is 3.86. The van der Waals surface area contributed by atoms with Gasteiger partial charge in [-0.25, -0.2) is 0 Å². The van der Waals surface area contributed by atoms with E-state index in [0.717, 1.165) is 18.0 Å². The summed E-state index contributed by atoms with van der Waals surface area (Å²) in [4.78, 5) is 2.62. The predicted octanol–water partition coefficient (Wildman–Crippen LogP) is 0.773. The van der Waals surface area contributed by atoms with Gasteiger partial charge in [0, 0.05) is 13.1 Å². The molecule has 5 heteroatoms. The van der Waals surface area contributed by atoms with Gasteiger partial charge in [0.1, 0.15) is 10.9 Å². The topological polar surface area (TPSA) is 73.3 Å². The first kappa shape index (κ1) is 9.31. The van der Waals surface area contributed by atoms with Gasteiger partial charge < -0.3 is 15.7 Å². The van der Waals surface area contributed by atoms with Crippen molar-refractivity contribution >= 4 is 22.0 Å². The van der Waals surface area contributed by atoms with Crippen LogP contribution < -0.4 is 10.6 Å². The van der Waals surface area contributed by atoms with Gasteiger partial charge >= 0.3 is 0 Å². The lowest BCUT2D eigenvalue weighted by molar-refractivity contribution is 0.198. The van der Waals surface area contributed by atoms with Crippen LogP contribution in [0.4, 0.5) is 10.7 Å². The lowest BCUT2D eigenvalue weighted by Crippen LogP contribution is -2.19. The molecule has 0 bridgehead atoms. The highest BCUT2D eigenvalue weighted by Gasteiger charge is 2.22. The monoisotopic (exact) mass is 209 g/mol. The number of hydrogen-bond acceptors (Lipinski definition) is 5. The molecule has 2 rings (SSSR count). The van der Waals surface area contributed by atoms with E-state index < -0.39 is 0 Å². The second-order valence-corrected chi connectivity index (χ2v) is 4.40. The fourth-order valence-electron chi connectivity index (χ4n) is 1.58. The molecule has 2 heterocycles. The van der Waals surface area contributed by atoms with Crippen LogP contribution in [0.1, 0.15) is 11.3 Å². The molecule has 1 aromatic heterocycles. The molecule has 0 radical (unpaired) electrons. The summed E-state index contributed by atoms with van der Waals surface area (Å²) in [7, 11) is 0. The minimum absolute atomic E-state index is 0.246. The third-order valence-corrected chi connectivity index (χ3v) is 3.44. The molecule has 1 unspecified atom stereocenters. The number of rotatable bonds is 1. The molecule has 3 N–H and O–H groups in total. The maximum Gasteiger partial charge on any atom is 0.129 e. The second-order valence-electron chi connectivity index (χ2n) is 3.37. The Morgan fingerprint density at radius 2 is 2.50 bits per heavy atom. The summed E-state index contributed by atoms with van der Waals surface area (Å²) in [5, 5.41) is 19.1. The Bertz CT molecular complexity index is 382. The van der Waals surface area contributed by atoms with Gasteiger partial charge in [0.05, 0.1) is 16.8 Å². The molecule has 14 heavy (non-hydrogen) atoms. The zero-order valence-electron chi connectivity index (χ0n) is 7.60. The lowest BCUT2D eigenvalue weighted by Gasteiger charge is -2.14. The SMILES string of the molecule is N#Cc1sc(N2CCC(O)C2)cc1N. The maximum absolute atomic E-state index is 9.36. The number of nitrogen functional groups attached to an aromatic ring is 1. The first-order valence-electron chi connectivity index (χ1n) is 4.43. The Kier molecular flexibility index (Phi) is 2.32. The van der Waals surface area contributed by atoms with Crippen LogP contribution in [0, 0.1) is 11.3 Å². The summed E-state index contributed by atoms with van der Waals surface area (Å²) >= 11 is 1.39. The van der Waals surface area contributed by atoms with Crippen LogP contribution in [0.3, 0.4) is 0 Å². The van der Waals surface area contributed by atoms with E-state index in [4.69, 9.17) is 11.0 Å². The van der Waals surface area contributed by atoms with Crippen LogP contribution in [-0.2, 0) is 0 Å². The summed E-state index contributed by atoms with van der Waals surface area (Å²) in [5.41, 5.74) is 6.19. The first-order chi connectivity index (χ1) is 6.70. The number of thiophene rings is 1. The maximum atomic E-state index is 9.36. The molecule has 1 saturated heterocycles. The summed E-state index contributed by atoms with van der Waals surface area (Å²) in [5.74, 6) is 0. The van der Waals surface area contributed by atoms with Gasteiger partial charge in [-0.3, -0.25) is 0 Å². The number of nitrogens with zero attached hydrogens (tertiary/aromatic N) is 2. The summed E-state index contributed by atoms with van der Waals surface area (Å²) in [6.07, 6.45) is 0.545. The Labute approximate surface area is 86.2 Å². The van der Waals surface area contributed by atoms with Gasteiger partial charge in [-0.1, -0.05) is 0 Å². The Morgan fingerprint density at radius 3 is 3.00 bits per heavy atom. The fourth-order valence-corrected chi connectivity index (χ4v) is 2.49. The van der Waals surface area contributed by atoms with Crippen LogP contribution in [0.2, 0.25) is 0 Å². The molecule has 1 atom stereocenters. The average molecular weight is 209 g/mol. The molecule has 0 aromatic carbocycles. The van der Waals surface area contributed by atoms with Gasteiger partial charge in [-0.05, 0) is 12.5 Å². The van der Waals surface area contributed by atoms with Gasteiger partial charge in [0.15, 0.2) is 0 Å². The zero-order valence-corrected chi connectivity index (χ0v) is 8.42. The molecule has 74 valence electrons. The highest BCUT2D eigenvalue weighted by molar-refractivity contribution is 7.17. The highest BCUT2D eigenvalue weighted by atomic mass is 32.1. The molecule has 1 aliphatic rings. The normalized spacial score (nSPS) is 21.1. The molecular weight excluding hydrogens is 198 g/mol. The van der Waals surface area contributed by atoms with E-state index in [2.05, 4.69) is 11.0 Å². The third-order valence-electron chi connectivity index (χ3n) is 2.32. The number of hydrogen-bond donors (Lipinski definition) is 2.